The van der Waals surface area contributed by atoms with Gasteiger partial charge in [-0.1, -0.05) is 47.0 Å². The van der Waals surface area contributed by atoms with Crippen molar-refractivity contribution in [3.05, 3.63) is 47.5 Å². The minimum atomic E-state index is -0.532. The molecule has 2 aromatic carbocycles. The Morgan fingerprint density at radius 2 is 1.26 bits per heavy atom. The Bertz CT molecular complexity index is 1270. The molecule has 0 saturated carbocycles. The van der Waals surface area contributed by atoms with Crippen LogP contribution < -0.4 is 20.3 Å². The molecule has 0 aliphatic rings. The summed E-state index contributed by atoms with van der Waals surface area (Å²) >= 11 is 3.65. The molecule has 0 radical (unpaired) electrons. The van der Waals surface area contributed by atoms with E-state index in [-0.39, 0.29) is 23.3 Å². The van der Waals surface area contributed by atoms with Gasteiger partial charge >= 0.3 is 0 Å². The van der Waals surface area contributed by atoms with Gasteiger partial charge in [0.15, 0.2) is 31.7 Å². The maximum atomic E-state index is 12.4. The van der Waals surface area contributed by atoms with E-state index in [1.807, 2.05) is 0 Å². The number of hydrogen-bond donors (Lipinski definition) is 4. The van der Waals surface area contributed by atoms with E-state index in [1.54, 1.807) is 50.2 Å². The number of rotatable bonds is 12. The number of phenols is 2. The molecule has 0 spiro atoms. The van der Waals surface area contributed by atoms with Gasteiger partial charge in [-0.15, -0.1) is 10.2 Å². The zero-order chi connectivity index (χ0) is 28.4. The Morgan fingerprint density at radius 3 is 1.64 bits per heavy atom. The van der Waals surface area contributed by atoms with Gasteiger partial charge in [-0.05, 0) is 38.1 Å². The second kappa shape index (κ2) is 14.4. The highest BCUT2D eigenvalue weighted by molar-refractivity contribution is 8.04. The van der Waals surface area contributed by atoms with Crippen LogP contribution in [0, 0.1) is 0 Å². The third kappa shape index (κ3) is 8.33. The molecule has 0 aliphatic heterocycles. The van der Waals surface area contributed by atoms with E-state index in [1.165, 1.54) is 61.5 Å². The van der Waals surface area contributed by atoms with Gasteiger partial charge in [0, 0.05) is 11.1 Å². The third-order valence-electron chi connectivity index (χ3n) is 4.94. The second-order valence-electron chi connectivity index (χ2n) is 7.62. The number of para-hydroxylation sites is 2. The molecule has 39 heavy (non-hydrogen) atoms. The van der Waals surface area contributed by atoms with E-state index in [2.05, 4.69) is 31.3 Å². The SMILES string of the molecule is COc1cccc(/C=N\NC(=O)[C@H](C)Sc2nnc(S[C@H](C)C(=O)N/N=C\c3cccc(OC)c3O)s2)c1O. The molecule has 2 amide bonds. The van der Waals surface area contributed by atoms with Gasteiger partial charge in [0.2, 0.25) is 0 Å². The van der Waals surface area contributed by atoms with Crippen molar-refractivity contribution in [2.45, 2.75) is 33.0 Å². The minimum absolute atomic E-state index is 0.0785. The number of carbonyl (C=O) groups excluding carboxylic acids is 2. The Labute approximate surface area is 236 Å². The lowest BCUT2D eigenvalue weighted by Gasteiger charge is -2.08. The first-order valence-electron chi connectivity index (χ1n) is 11.3. The highest BCUT2D eigenvalue weighted by atomic mass is 32.2. The summed E-state index contributed by atoms with van der Waals surface area (Å²) < 4.78 is 11.2. The first kappa shape index (κ1) is 29.7. The van der Waals surface area contributed by atoms with E-state index >= 15 is 0 Å². The number of aromatic hydroxyl groups is 2. The zero-order valence-electron chi connectivity index (χ0n) is 21.3. The van der Waals surface area contributed by atoms with Gasteiger partial charge in [0.25, 0.3) is 11.8 Å². The highest BCUT2D eigenvalue weighted by Gasteiger charge is 2.20. The van der Waals surface area contributed by atoms with Gasteiger partial charge in [-0.25, -0.2) is 10.9 Å². The fourth-order valence-electron chi connectivity index (χ4n) is 2.83. The summed E-state index contributed by atoms with van der Waals surface area (Å²) in [6, 6.07) is 9.86. The molecule has 0 bridgehead atoms. The van der Waals surface area contributed by atoms with Crippen LogP contribution in [-0.2, 0) is 9.59 Å². The van der Waals surface area contributed by atoms with E-state index in [9.17, 15) is 19.8 Å². The summed E-state index contributed by atoms with van der Waals surface area (Å²) in [5.41, 5.74) is 5.65. The number of aromatic nitrogens is 2. The molecular weight excluding hydrogens is 565 g/mol. The predicted octanol–water partition coefficient (Wildman–Crippen LogP) is 3.23. The van der Waals surface area contributed by atoms with Crippen molar-refractivity contribution >= 4 is 59.1 Å². The van der Waals surface area contributed by atoms with E-state index in [0.717, 1.165) is 0 Å². The first-order valence-corrected chi connectivity index (χ1v) is 13.9. The van der Waals surface area contributed by atoms with Crippen molar-refractivity contribution in [2.75, 3.05) is 14.2 Å². The molecule has 4 N–H and O–H groups in total. The van der Waals surface area contributed by atoms with E-state index in [0.29, 0.717) is 31.3 Å². The molecule has 12 nitrogen and oxygen atoms in total. The number of phenolic OH excluding ortho intramolecular Hbond substituents is 2. The van der Waals surface area contributed by atoms with Gasteiger partial charge in [0.1, 0.15) is 0 Å². The Hall–Kier alpha value is -3.82. The first-order chi connectivity index (χ1) is 18.7. The lowest BCUT2D eigenvalue weighted by molar-refractivity contribution is -0.121. The zero-order valence-corrected chi connectivity index (χ0v) is 23.8. The van der Waals surface area contributed by atoms with Gasteiger partial charge in [0.05, 0.1) is 37.1 Å². The third-order valence-corrected chi connectivity index (χ3v) is 8.23. The van der Waals surface area contributed by atoms with Crippen LogP contribution in [-0.4, -0.2) is 69.4 Å². The van der Waals surface area contributed by atoms with Crippen molar-refractivity contribution in [2.24, 2.45) is 10.2 Å². The average Bonchev–Trinajstić information content (AvgIpc) is 3.36. The van der Waals surface area contributed by atoms with E-state index in [4.69, 9.17) is 9.47 Å². The molecule has 0 aliphatic carbocycles. The van der Waals surface area contributed by atoms with Gasteiger partial charge < -0.3 is 19.7 Å². The number of thioether (sulfide) groups is 2. The van der Waals surface area contributed by atoms with Crippen LogP contribution in [0.1, 0.15) is 25.0 Å². The summed E-state index contributed by atoms with van der Waals surface area (Å²) in [5.74, 6) is -0.291. The Morgan fingerprint density at radius 1 is 0.846 bits per heavy atom. The molecule has 15 heteroatoms. The largest absolute Gasteiger partial charge is 0.504 e. The molecule has 0 unspecified atom stereocenters. The quantitative estimate of drug-likeness (QED) is 0.140. The summed E-state index contributed by atoms with van der Waals surface area (Å²) in [5, 5.41) is 35.1. The lowest BCUT2D eigenvalue weighted by atomic mass is 10.2. The number of hydrogen-bond acceptors (Lipinski definition) is 13. The van der Waals surface area contributed by atoms with Crippen LogP contribution in [0.5, 0.6) is 23.0 Å². The number of methoxy groups -OCH3 is 2. The summed E-state index contributed by atoms with van der Waals surface area (Å²) in [4.78, 5) is 24.8. The summed E-state index contributed by atoms with van der Waals surface area (Å²) in [7, 11) is 2.88. The van der Waals surface area contributed by atoms with Crippen LogP contribution in [0.25, 0.3) is 0 Å². The van der Waals surface area contributed by atoms with Crippen LogP contribution in [0.2, 0.25) is 0 Å². The van der Waals surface area contributed by atoms with Crippen LogP contribution >= 0.6 is 34.9 Å². The molecule has 3 aromatic rings. The predicted molar refractivity (Wildman–Crippen MR) is 151 cm³/mol. The summed E-state index contributed by atoms with van der Waals surface area (Å²) in [6.07, 6.45) is 2.64. The smallest absolute Gasteiger partial charge is 0.253 e. The number of benzene rings is 2. The average molecular weight is 591 g/mol. The molecular formula is C24H26N6O6S3. The highest BCUT2D eigenvalue weighted by Crippen LogP contribution is 2.33. The van der Waals surface area contributed by atoms with Crippen LogP contribution in [0.4, 0.5) is 0 Å². The standard InChI is InChI=1S/C24H26N6O6S3/c1-13(21(33)27-25-11-15-7-5-9-17(35-3)19(15)31)37-23-29-30-24(39-23)38-14(2)22(34)28-26-12-16-8-6-10-18(36-4)20(16)32/h5-14,31-32H,1-4H3,(H,27,33)(H,28,34)/b25-11-,26-12-/t13-,14+. The lowest BCUT2D eigenvalue weighted by Crippen LogP contribution is -2.26. The Kier molecular flexibility index (Phi) is 11.0. The van der Waals surface area contributed by atoms with Crippen molar-refractivity contribution in [1.29, 1.82) is 0 Å². The number of ether oxygens (including phenoxy) is 2. The molecule has 1 aromatic heterocycles. The molecule has 2 atom stereocenters. The van der Waals surface area contributed by atoms with Crippen molar-refractivity contribution in [3.8, 4) is 23.0 Å². The van der Waals surface area contributed by atoms with Crippen molar-refractivity contribution in [3.63, 3.8) is 0 Å². The fourth-order valence-corrected chi connectivity index (χ4v) is 6.13. The van der Waals surface area contributed by atoms with Crippen LogP contribution in [0.15, 0.2) is 55.3 Å². The van der Waals surface area contributed by atoms with Crippen molar-refractivity contribution < 1.29 is 29.3 Å². The fraction of sp³-hybridized carbons (Fsp3) is 0.250. The number of hydrazone groups is 2. The van der Waals surface area contributed by atoms with Crippen LogP contribution in [0.3, 0.4) is 0 Å². The second-order valence-corrected chi connectivity index (χ2v) is 11.8. The van der Waals surface area contributed by atoms with Gasteiger partial charge in [-0.3, -0.25) is 9.59 Å². The number of nitrogens with zero attached hydrogens (tertiary/aromatic N) is 4. The molecule has 0 fully saturated rings. The topological polar surface area (TPSA) is 168 Å². The Balaban J connectivity index is 1.47. The maximum Gasteiger partial charge on any atom is 0.253 e. The molecule has 0 saturated heterocycles. The minimum Gasteiger partial charge on any atom is -0.504 e. The number of carbonyl (C=O) groups is 2. The number of amides is 2. The molecule has 206 valence electrons. The molecule has 3 rings (SSSR count). The molecule has 1 heterocycles. The normalized spacial score (nSPS) is 12.8. The summed E-state index contributed by atoms with van der Waals surface area (Å²) in [6.45, 7) is 3.39. The van der Waals surface area contributed by atoms with Crippen molar-refractivity contribution in [1.82, 2.24) is 21.0 Å². The maximum absolute atomic E-state index is 12.4. The van der Waals surface area contributed by atoms with E-state index < -0.39 is 10.5 Å². The number of nitrogens with one attached hydrogen (secondary N) is 2. The monoisotopic (exact) mass is 590 g/mol. The van der Waals surface area contributed by atoms with Gasteiger partial charge in [-0.2, -0.15) is 10.2 Å².